The minimum atomic E-state index is -0.386. The SMILES string of the molecule is N#CCC1=CN2C(=C[C@H](N)N2c2cnccc2O[C@@H]2CN3CCC2CC3)N=C1. The van der Waals surface area contributed by atoms with Crippen LogP contribution in [0.25, 0.3) is 0 Å². The average molecular weight is 377 g/mol. The van der Waals surface area contributed by atoms with Gasteiger partial charge >= 0.3 is 0 Å². The van der Waals surface area contributed by atoms with Gasteiger partial charge in [0.1, 0.15) is 23.7 Å². The van der Waals surface area contributed by atoms with Crippen molar-refractivity contribution in [3.05, 3.63) is 42.1 Å². The number of anilines is 1. The van der Waals surface area contributed by atoms with E-state index in [0.29, 0.717) is 12.3 Å². The van der Waals surface area contributed by atoms with Crippen LogP contribution in [0.3, 0.4) is 0 Å². The Morgan fingerprint density at radius 3 is 2.93 bits per heavy atom. The molecule has 28 heavy (non-hydrogen) atoms. The molecular weight excluding hydrogens is 354 g/mol. The molecule has 6 heterocycles. The number of fused-ring (bicyclic) bond motifs is 4. The molecule has 2 bridgehead atoms. The first-order valence-corrected chi connectivity index (χ1v) is 9.73. The lowest BCUT2D eigenvalue weighted by molar-refractivity contribution is -0.00771. The van der Waals surface area contributed by atoms with Crippen molar-refractivity contribution in [2.45, 2.75) is 31.5 Å². The van der Waals surface area contributed by atoms with Crippen LogP contribution in [0, 0.1) is 17.2 Å². The fourth-order valence-corrected chi connectivity index (χ4v) is 4.44. The van der Waals surface area contributed by atoms with Gasteiger partial charge < -0.3 is 10.5 Å². The number of rotatable bonds is 4. The van der Waals surface area contributed by atoms with Gasteiger partial charge in [-0.05, 0) is 37.9 Å². The van der Waals surface area contributed by atoms with E-state index in [2.05, 4.69) is 20.9 Å². The van der Waals surface area contributed by atoms with Crippen molar-refractivity contribution >= 4 is 11.9 Å². The summed E-state index contributed by atoms with van der Waals surface area (Å²) in [4.78, 5) is 11.2. The molecule has 0 aliphatic carbocycles. The van der Waals surface area contributed by atoms with Gasteiger partial charge in [-0.2, -0.15) is 5.26 Å². The molecule has 144 valence electrons. The van der Waals surface area contributed by atoms with Crippen LogP contribution in [0.15, 0.2) is 47.1 Å². The number of allylic oxidation sites excluding steroid dienone is 1. The Morgan fingerprint density at radius 2 is 2.18 bits per heavy atom. The zero-order valence-corrected chi connectivity index (χ0v) is 15.6. The first-order valence-electron chi connectivity index (χ1n) is 9.73. The molecule has 0 spiro atoms. The number of pyridine rings is 1. The summed E-state index contributed by atoms with van der Waals surface area (Å²) in [5.41, 5.74) is 8.04. The maximum atomic E-state index is 9.01. The fourth-order valence-electron chi connectivity index (χ4n) is 4.44. The van der Waals surface area contributed by atoms with Crippen LogP contribution in [0.4, 0.5) is 5.69 Å². The second-order valence-corrected chi connectivity index (χ2v) is 7.64. The zero-order valence-electron chi connectivity index (χ0n) is 15.6. The smallest absolute Gasteiger partial charge is 0.150 e. The van der Waals surface area contributed by atoms with E-state index in [-0.39, 0.29) is 12.3 Å². The van der Waals surface area contributed by atoms with Gasteiger partial charge in [-0.3, -0.25) is 14.9 Å². The normalized spacial score (nSPS) is 30.6. The van der Waals surface area contributed by atoms with Gasteiger partial charge in [0.05, 0.1) is 18.7 Å². The molecule has 8 nitrogen and oxygen atoms in total. The Hall–Kier alpha value is -2.89. The fraction of sp³-hybridized carbons (Fsp3) is 0.450. The summed E-state index contributed by atoms with van der Waals surface area (Å²) in [6, 6.07) is 4.07. The van der Waals surface area contributed by atoms with Gasteiger partial charge in [0.2, 0.25) is 0 Å². The third kappa shape index (κ3) is 2.93. The van der Waals surface area contributed by atoms with Crippen molar-refractivity contribution in [1.29, 1.82) is 5.26 Å². The van der Waals surface area contributed by atoms with Crippen LogP contribution in [-0.2, 0) is 0 Å². The largest absolute Gasteiger partial charge is 0.486 e. The Morgan fingerprint density at radius 1 is 1.32 bits per heavy atom. The zero-order chi connectivity index (χ0) is 19.1. The summed E-state index contributed by atoms with van der Waals surface area (Å²) in [6.07, 6.45) is 11.5. The highest BCUT2D eigenvalue weighted by molar-refractivity contribution is 5.81. The maximum absolute atomic E-state index is 9.01. The first-order chi connectivity index (χ1) is 13.7. The van der Waals surface area contributed by atoms with E-state index >= 15 is 0 Å². The van der Waals surface area contributed by atoms with E-state index in [9.17, 15) is 0 Å². The highest BCUT2D eigenvalue weighted by Gasteiger charge is 2.37. The number of nitrogens with zero attached hydrogens (tertiary/aromatic N) is 6. The van der Waals surface area contributed by atoms with E-state index in [1.807, 2.05) is 28.4 Å². The van der Waals surface area contributed by atoms with E-state index in [0.717, 1.165) is 29.4 Å². The van der Waals surface area contributed by atoms with Crippen molar-refractivity contribution in [3.8, 4) is 11.8 Å². The lowest BCUT2D eigenvalue weighted by Crippen LogP contribution is -2.52. The Kier molecular flexibility index (Phi) is 4.26. The molecule has 3 fully saturated rings. The van der Waals surface area contributed by atoms with Crippen LogP contribution < -0.4 is 15.5 Å². The van der Waals surface area contributed by atoms with Gasteiger partial charge in [0.25, 0.3) is 0 Å². The molecule has 6 rings (SSSR count). The quantitative estimate of drug-likeness (QED) is 0.852. The van der Waals surface area contributed by atoms with Crippen molar-refractivity contribution < 1.29 is 4.74 Å². The number of aliphatic imine (C=N–C) groups is 1. The summed E-state index contributed by atoms with van der Waals surface area (Å²) in [7, 11) is 0. The molecule has 0 unspecified atom stereocenters. The maximum Gasteiger partial charge on any atom is 0.150 e. The third-order valence-corrected chi connectivity index (χ3v) is 5.89. The highest BCUT2D eigenvalue weighted by atomic mass is 16.5. The second kappa shape index (κ2) is 6.93. The minimum absolute atomic E-state index is 0.193. The Bertz CT molecular complexity index is 894. The van der Waals surface area contributed by atoms with Gasteiger partial charge in [0, 0.05) is 36.8 Å². The van der Waals surface area contributed by atoms with Gasteiger partial charge in [-0.25, -0.2) is 10.0 Å². The van der Waals surface area contributed by atoms with Gasteiger partial charge in [-0.15, -0.1) is 0 Å². The molecule has 5 aliphatic heterocycles. The van der Waals surface area contributed by atoms with E-state index in [1.165, 1.54) is 25.9 Å². The minimum Gasteiger partial charge on any atom is -0.486 e. The van der Waals surface area contributed by atoms with Crippen LogP contribution >= 0.6 is 0 Å². The van der Waals surface area contributed by atoms with Crippen molar-refractivity contribution in [3.63, 3.8) is 0 Å². The molecule has 2 N–H and O–H groups in total. The lowest BCUT2D eigenvalue weighted by Gasteiger charge is -2.44. The topological polar surface area (TPSA) is 94.0 Å². The molecule has 1 aromatic heterocycles. The van der Waals surface area contributed by atoms with Crippen molar-refractivity contribution in [2.24, 2.45) is 16.6 Å². The lowest BCUT2D eigenvalue weighted by atomic mass is 9.86. The molecule has 0 radical (unpaired) electrons. The molecule has 8 heteroatoms. The molecule has 1 aromatic rings. The van der Waals surface area contributed by atoms with E-state index < -0.39 is 0 Å². The monoisotopic (exact) mass is 377 g/mol. The molecule has 0 aromatic carbocycles. The number of hydrogen-bond acceptors (Lipinski definition) is 8. The summed E-state index contributed by atoms with van der Waals surface area (Å²) < 4.78 is 6.50. The summed E-state index contributed by atoms with van der Waals surface area (Å²) >= 11 is 0. The van der Waals surface area contributed by atoms with Crippen molar-refractivity contribution in [2.75, 3.05) is 24.6 Å². The molecule has 0 saturated carbocycles. The Balaban J connectivity index is 1.44. The summed E-state index contributed by atoms with van der Waals surface area (Å²) in [5.74, 6) is 2.13. The number of aromatic nitrogens is 1. The van der Waals surface area contributed by atoms with Gasteiger partial charge in [0.15, 0.2) is 5.82 Å². The predicted octanol–water partition coefficient (Wildman–Crippen LogP) is 1.60. The highest BCUT2D eigenvalue weighted by Crippen LogP contribution is 2.38. The summed E-state index contributed by atoms with van der Waals surface area (Å²) in [5, 5.41) is 12.8. The van der Waals surface area contributed by atoms with Gasteiger partial charge in [-0.1, -0.05) is 0 Å². The van der Waals surface area contributed by atoms with E-state index in [1.54, 1.807) is 18.6 Å². The van der Waals surface area contributed by atoms with Crippen LogP contribution in [0.5, 0.6) is 5.75 Å². The average Bonchev–Trinajstić information content (AvgIpc) is 3.05. The number of hydrogen-bond donors (Lipinski definition) is 1. The molecular formula is C20H23N7O. The third-order valence-electron chi connectivity index (χ3n) is 5.89. The van der Waals surface area contributed by atoms with Crippen LogP contribution in [-0.4, -0.2) is 53.0 Å². The number of nitriles is 1. The van der Waals surface area contributed by atoms with Crippen LogP contribution in [0.2, 0.25) is 0 Å². The Labute approximate surface area is 164 Å². The predicted molar refractivity (Wildman–Crippen MR) is 105 cm³/mol. The van der Waals surface area contributed by atoms with E-state index in [4.69, 9.17) is 15.7 Å². The first kappa shape index (κ1) is 17.2. The molecule has 2 atom stereocenters. The van der Waals surface area contributed by atoms with Crippen molar-refractivity contribution in [1.82, 2.24) is 14.9 Å². The summed E-state index contributed by atoms with van der Waals surface area (Å²) in [6.45, 7) is 3.33. The number of ether oxygens (including phenoxy) is 1. The number of nitrogens with two attached hydrogens (primary N) is 1. The second-order valence-electron chi connectivity index (χ2n) is 7.64. The number of piperidine rings is 3. The standard InChI is InChI=1S/C20H23N7O/c21-5-1-14-10-24-20-9-19(22)27(26(20)12-14)16-11-23-6-2-17(16)28-18-13-25-7-3-15(18)4-8-25/h2,6,9-12,15,18-19H,1,3-4,7-8,13,22H2/t18-,19-/m1/s1. The number of hydrazine groups is 1. The molecule has 0 amide bonds. The molecule has 3 saturated heterocycles. The van der Waals surface area contributed by atoms with Crippen LogP contribution in [0.1, 0.15) is 19.3 Å². The molecule has 5 aliphatic rings.